The van der Waals surface area contributed by atoms with Crippen molar-refractivity contribution in [2.75, 3.05) is 18.6 Å². The quantitative estimate of drug-likeness (QED) is 0.359. The molecule has 2 aliphatic rings. The fraction of sp³-hybridized carbons (Fsp3) is 0.414. The van der Waals surface area contributed by atoms with E-state index in [-0.39, 0.29) is 27.5 Å². The number of aromatic nitrogens is 3. The van der Waals surface area contributed by atoms with Crippen LogP contribution in [-0.2, 0) is 14.3 Å². The van der Waals surface area contributed by atoms with E-state index in [0.717, 1.165) is 6.07 Å². The van der Waals surface area contributed by atoms with Crippen LogP contribution in [0, 0.1) is 28.5 Å². The summed E-state index contributed by atoms with van der Waals surface area (Å²) in [6.07, 6.45) is -3.09. The molecule has 5 rings (SSSR count). The van der Waals surface area contributed by atoms with Gasteiger partial charge in [-0.25, -0.2) is 9.07 Å². The lowest BCUT2D eigenvalue weighted by Gasteiger charge is -2.45. The van der Waals surface area contributed by atoms with Gasteiger partial charge < -0.3 is 29.7 Å². The van der Waals surface area contributed by atoms with E-state index < -0.39 is 60.9 Å². The number of ether oxygens (including phenoxy) is 2. The first-order chi connectivity index (χ1) is 20.7. The van der Waals surface area contributed by atoms with Crippen molar-refractivity contribution >= 4 is 23.2 Å². The average Bonchev–Trinajstić information content (AvgIpc) is 3.66. The normalized spacial score (nSPS) is 26.9. The van der Waals surface area contributed by atoms with Crippen LogP contribution in [0.1, 0.15) is 36.4 Å². The minimum absolute atomic E-state index is 0.138. The van der Waals surface area contributed by atoms with Crippen LogP contribution in [-0.4, -0.2) is 86.5 Å². The molecule has 1 saturated heterocycles. The van der Waals surface area contributed by atoms with Gasteiger partial charge in [0, 0.05) is 23.4 Å². The summed E-state index contributed by atoms with van der Waals surface area (Å²) < 4.78 is 27.2. The molecule has 1 aliphatic heterocycles. The third-order valence-corrected chi connectivity index (χ3v) is 8.10. The average molecular weight is 611 g/mol. The molecule has 224 valence electrons. The van der Waals surface area contributed by atoms with Gasteiger partial charge in [0.05, 0.1) is 42.1 Å². The van der Waals surface area contributed by atoms with Crippen LogP contribution in [0.4, 0.5) is 10.1 Å². The Morgan fingerprint density at radius 1 is 1.23 bits per heavy atom. The lowest BCUT2D eigenvalue weighted by atomic mass is 9.91. The zero-order valence-corrected chi connectivity index (χ0v) is 23.7. The van der Waals surface area contributed by atoms with E-state index in [9.17, 15) is 29.8 Å². The number of halogens is 2. The molecule has 0 radical (unpaired) electrons. The number of aliphatic hydroxyl groups excluding tert-OH is 3. The third-order valence-electron chi connectivity index (χ3n) is 7.89. The molecule has 2 heterocycles. The summed E-state index contributed by atoms with van der Waals surface area (Å²) in [6.45, 7) is -0.651. The molecule has 14 heteroatoms. The maximum Gasteiger partial charge on any atom is 0.259 e. The molecule has 0 spiro atoms. The van der Waals surface area contributed by atoms with Crippen molar-refractivity contribution in [3.63, 3.8) is 0 Å². The minimum Gasteiger partial charge on any atom is -0.394 e. The zero-order chi connectivity index (χ0) is 30.8. The van der Waals surface area contributed by atoms with Crippen molar-refractivity contribution < 1.29 is 34.0 Å². The van der Waals surface area contributed by atoms with Crippen LogP contribution in [0.2, 0.25) is 5.02 Å². The first kappa shape index (κ1) is 30.5. The third kappa shape index (κ3) is 5.84. The number of nitrogens with zero attached hydrogens (tertiary/aromatic N) is 6. The summed E-state index contributed by atoms with van der Waals surface area (Å²) in [5.74, 6) is -1.38. The second kappa shape index (κ2) is 12.7. The lowest BCUT2D eigenvalue weighted by Crippen LogP contribution is -2.62. The van der Waals surface area contributed by atoms with E-state index in [1.165, 1.54) is 53.2 Å². The summed E-state index contributed by atoms with van der Waals surface area (Å²) >= 11 is 6.28. The standard InChI is InChI=1S/C29H28ClFN6O6/c1-42-27-25(36-13-21(34-35-36)16-5-6-17(12-33)20(31)9-16)26(40)24(14-38)43-28(27)29(41)37(22-3-2-4-23(22)39)19-8-15(11-32)7-18(30)10-19/h5-10,13,22-28,38-40H,2-4,14H2,1H3/t22-,23-,24-,25+,26+,27-,28-/m1/s1. The molecule has 43 heavy (non-hydrogen) atoms. The van der Waals surface area contributed by atoms with Crippen molar-refractivity contribution in [3.05, 3.63) is 64.6 Å². The van der Waals surface area contributed by atoms with Gasteiger partial charge >= 0.3 is 0 Å². The summed E-state index contributed by atoms with van der Waals surface area (Å²) in [4.78, 5) is 15.7. The number of carbonyl (C=O) groups excluding carboxylic acids is 1. The van der Waals surface area contributed by atoms with Crippen molar-refractivity contribution in [3.8, 4) is 23.4 Å². The number of hydrogen-bond acceptors (Lipinski definition) is 10. The molecule has 1 aromatic heterocycles. The van der Waals surface area contributed by atoms with Gasteiger partial charge in [0.25, 0.3) is 5.91 Å². The van der Waals surface area contributed by atoms with E-state index in [2.05, 4.69) is 10.3 Å². The van der Waals surface area contributed by atoms with Crippen LogP contribution in [0.5, 0.6) is 0 Å². The number of aliphatic hydroxyl groups is 3. The molecule has 1 amide bonds. The van der Waals surface area contributed by atoms with Gasteiger partial charge in [-0.15, -0.1) is 5.10 Å². The topological polar surface area (TPSA) is 178 Å². The Kier molecular flexibility index (Phi) is 9.03. The Morgan fingerprint density at radius 2 is 2.02 bits per heavy atom. The first-order valence-corrected chi connectivity index (χ1v) is 13.9. The van der Waals surface area contributed by atoms with Crippen molar-refractivity contribution in [1.29, 1.82) is 10.5 Å². The van der Waals surface area contributed by atoms with Gasteiger partial charge in [0.15, 0.2) is 6.10 Å². The summed E-state index contributed by atoms with van der Waals surface area (Å²) in [7, 11) is 1.32. The zero-order valence-electron chi connectivity index (χ0n) is 22.9. The monoisotopic (exact) mass is 610 g/mol. The highest BCUT2D eigenvalue weighted by molar-refractivity contribution is 6.31. The van der Waals surface area contributed by atoms with E-state index in [0.29, 0.717) is 24.8 Å². The van der Waals surface area contributed by atoms with Gasteiger partial charge in [-0.05, 0) is 49.6 Å². The molecular formula is C29H28ClFN6O6. The smallest absolute Gasteiger partial charge is 0.259 e. The van der Waals surface area contributed by atoms with Gasteiger partial charge in [0.2, 0.25) is 0 Å². The van der Waals surface area contributed by atoms with Crippen LogP contribution in [0.15, 0.2) is 42.6 Å². The van der Waals surface area contributed by atoms with Gasteiger partial charge in [0.1, 0.15) is 41.9 Å². The number of methoxy groups -OCH3 is 1. The molecule has 1 saturated carbocycles. The molecule has 0 unspecified atom stereocenters. The van der Waals surface area contributed by atoms with E-state index in [1.54, 1.807) is 6.07 Å². The maximum absolute atomic E-state index is 14.4. The minimum atomic E-state index is -1.41. The molecule has 3 N–H and O–H groups in total. The number of anilines is 1. The fourth-order valence-electron chi connectivity index (χ4n) is 5.80. The summed E-state index contributed by atoms with van der Waals surface area (Å²) in [5, 5.41) is 59.1. The lowest BCUT2D eigenvalue weighted by molar-refractivity contribution is -0.211. The van der Waals surface area contributed by atoms with Crippen molar-refractivity contribution in [1.82, 2.24) is 15.0 Å². The fourth-order valence-corrected chi connectivity index (χ4v) is 6.03. The SMILES string of the molecule is CO[C@@H]1[C@@H](n2cc(-c3ccc(C#N)c(F)c3)nn2)[C@@H](O)[C@@H](CO)O[C@H]1C(=O)N(c1cc(Cl)cc(C#N)c1)[C@@H]1CCC[C@H]1O. The number of benzene rings is 2. The van der Waals surface area contributed by atoms with E-state index >= 15 is 0 Å². The molecule has 2 fully saturated rings. The molecular weight excluding hydrogens is 583 g/mol. The molecule has 12 nitrogen and oxygen atoms in total. The van der Waals surface area contributed by atoms with Gasteiger partial charge in [-0.3, -0.25) is 4.79 Å². The molecule has 7 atom stereocenters. The van der Waals surface area contributed by atoms with Crippen LogP contribution in [0.25, 0.3) is 11.3 Å². The van der Waals surface area contributed by atoms with Crippen molar-refractivity contribution in [2.45, 2.75) is 61.9 Å². The molecule has 2 aromatic carbocycles. The van der Waals surface area contributed by atoms with Crippen LogP contribution < -0.4 is 4.90 Å². The number of amides is 1. The number of nitriles is 2. The Bertz CT molecular complexity index is 1590. The van der Waals surface area contributed by atoms with Crippen molar-refractivity contribution in [2.24, 2.45) is 0 Å². The Hall–Kier alpha value is -3.95. The Labute approximate surface area is 251 Å². The number of hydrogen-bond donors (Lipinski definition) is 3. The highest BCUT2D eigenvalue weighted by atomic mass is 35.5. The molecule has 1 aliphatic carbocycles. The largest absolute Gasteiger partial charge is 0.394 e. The van der Waals surface area contributed by atoms with Gasteiger partial charge in [-0.1, -0.05) is 22.9 Å². The summed E-state index contributed by atoms with van der Waals surface area (Å²) in [5.41, 5.74) is 0.879. The highest BCUT2D eigenvalue weighted by Crippen LogP contribution is 2.37. The predicted molar refractivity (Wildman–Crippen MR) is 149 cm³/mol. The predicted octanol–water partition coefficient (Wildman–Crippen LogP) is 2.10. The second-order valence-electron chi connectivity index (χ2n) is 10.4. The second-order valence-corrected chi connectivity index (χ2v) is 10.9. The number of rotatable bonds is 7. The Balaban J connectivity index is 1.54. The Morgan fingerprint density at radius 3 is 2.65 bits per heavy atom. The van der Waals surface area contributed by atoms with Crippen LogP contribution >= 0.6 is 11.6 Å². The summed E-state index contributed by atoms with van der Waals surface area (Å²) in [6, 6.07) is 10.4. The van der Waals surface area contributed by atoms with Crippen LogP contribution in [0.3, 0.4) is 0 Å². The first-order valence-electron chi connectivity index (χ1n) is 13.5. The maximum atomic E-state index is 14.4. The number of carbonyl (C=O) groups is 1. The highest BCUT2D eigenvalue weighted by Gasteiger charge is 2.52. The molecule has 3 aromatic rings. The van der Waals surface area contributed by atoms with E-state index in [1.807, 2.05) is 6.07 Å². The van der Waals surface area contributed by atoms with E-state index in [4.69, 9.17) is 26.3 Å². The van der Waals surface area contributed by atoms with Gasteiger partial charge in [-0.2, -0.15) is 10.5 Å². The molecule has 0 bridgehead atoms.